The van der Waals surface area contributed by atoms with Gasteiger partial charge in [-0.15, -0.1) is 0 Å². The molecule has 1 fully saturated rings. The van der Waals surface area contributed by atoms with Gasteiger partial charge >= 0.3 is 0 Å². The summed E-state index contributed by atoms with van der Waals surface area (Å²) in [6, 6.07) is 7.06. The van der Waals surface area contributed by atoms with Crippen molar-refractivity contribution in [2.24, 2.45) is 0 Å². The van der Waals surface area contributed by atoms with Crippen LogP contribution in [0.5, 0.6) is 11.6 Å². The standard InChI is InChI=1S/C18H22N4O3/c1-12-6-7-15(24-2)13(11-12)20-17(23)14-5-4-10-22(14)18-19-9-8-16(21-18)25-3/h6-9,11,14H,4-5,10H2,1-3H3,(H,20,23). The van der Waals surface area contributed by atoms with E-state index in [0.29, 0.717) is 23.3 Å². The summed E-state index contributed by atoms with van der Waals surface area (Å²) in [6.07, 6.45) is 3.29. The minimum atomic E-state index is -0.322. The fourth-order valence-corrected chi connectivity index (χ4v) is 3.00. The third-order valence-corrected chi connectivity index (χ3v) is 4.25. The van der Waals surface area contributed by atoms with Crippen LogP contribution in [0.15, 0.2) is 30.5 Å². The molecule has 7 nitrogen and oxygen atoms in total. The van der Waals surface area contributed by atoms with E-state index in [9.17, 15) is 4.79 Å². The molecular formula is C18H22N4O3. The number of rotatable bonds is 5. The Hall–Kier alpha value is -2.83. The highest BCUT2D eigenvalue weighted by molar-refractivity contribution is 5.98. The Morgan fingerprint density at radius 2 is 2.12 bits per heavy atom. The van der Waals surface area contributed by atoms with Crippen molar-refractivity contribution in [2.75, 3.05) is 31.0 Å². The van der Waals surface area contributed by atoms with Crippen LogP contribution in [0.25, 0.3) is 0 Å². The van der Waals surface area contributed by atoms with E-state index in [2.05, 4.69) is 15.3 Å². The third-order valence-electron chi connectivity index (χ3n) is 4.25. The zero-order chi connectivity index (χ0) is 17.8. The molecule has 1 saturated heterocycles. The van der Waals surface area contributed by atoms with E-state index >= 15 is 0 Å². The van der Waals surface area contributed by atoms with Gasteiger partial charge in [-0.3, -0.25) is 4.79 Å². The Kier molecular flexibility index (Phi) is 5.02. The molecule has 1 aromatic carbocycles. The lowest BCUT2D eigenvalue weighted by Gasteiger charge is -2.24. The number of ether oxygens (including phenoxy) is 2. The largest absolute Gasteiger partial charge is 0.495 e. The Morgan fingerprint density at radius 3 is 2.88 bits per heavy atom. The zero-order valence-corrected chi connectivity index (χ0v) is 14.7. The second kappa shape index (κ2) is 7.38. The number of carbonyl (C=O) groups is 1. The molecule has 1 N–H and O–H groups in total. The van der Waals surface area contributed by atoms with Crippen molar-refractivity contribution >= 4 is 17.5 Å². The summed E-state index contributed by atoms with van der Waals surface area (Å²) in [5.74, 6) is 1.54. The van der Waals surface area contributed by atoms with Crippen molar-refractivity contribution in [3.05, 3.63) is 36.0 Å². The van der Waals surface area contributed by atoms with Crippen molar-refractivity contribution in [3.63, 3.8) is 0 Å². The molecule has 1 atom stereocenters. The summed E-state index contributed by atoms with van der Waals surface area (Å²) in [4.78, 5) is 23.4. The number of aromatic nitrogens is 2. The van der Waals surface area contributed by atoms with Crippen molar-refractivity contribution in [2.45, 2.75) is 25.8 Å². The molecular weight excluding hydrogens is 320 g/mol. The lowest BCUT2D eigenvalue weighted by atomic mass is 10.1. The van der Waals surface area contributed by atoms with Crippen molar-refractivity contribution in [1.29, 1.82) is 0 Å². The molecule has 132 valence electrons. The molecule has 2 aromatic rings. The summed E-state index contributed by atoms with van der Waals surface area (Å²) in [5, 5.41) is 2.98. The average molecular weight is 342 g/mol. The van der Waals surface area contributed by atoms with Crippen LogP contribution in [0.2, 0.25) is 0 Å². The number of aryl methyl sites for hydroxylation is 1. The van der Waals surface area contributed by atoms with Crippen LogP contribution in [0.4, 0.5) is 11.6 Å². The summed E-state index contributed by atoms with van der Waals surface area (Å²) < 4.78 is 10.5. The topological polar surface area (TPSA) is 76.6 Å². The molecule has 1 aliphatic rings. The van der Waals surface area contributed by atoms with Gasteiger partial charge in [0, 0.05) is 18.8 Å². The number of methoxy groups -OCH3 is 2. The second-order valence-corrected chi connectivity index (χ2v) is 5.94. The Bertz CT molecular complexity index is 766. The average Bonchev–Trinajstić information content (AvgIpc) is 3.12. The van der Waals surface area contributed by atoms with E-state index < -0.39 is 0 Å². The predicted molar refractivity (Wildman–Crippen MR) is 95.3 cm³/mol. The summed E-state index contributed by atoms with van der Waals surface area (Å²) in [6.45, 7) is 2.71. The number of nitrogens with one attached hydrogen (secondary N) is 1. The highest BCUT2D eigenvalue weighted by atomic mass is 16.5. The maximum atomic E-state index is 12.8. The summed E-state index contributed by atoms with van der Waals surface area (Å²) >= 11 is 0. The van der Waals surface area contributed by atoms with Gasteiger partial charge in [-0.05, 0) is 37.5 Å². The van der Waals surface area contributed by atoms with Gasteiger partial charge in [0.1, 0.15) is 11.8 Å². The van der Waals surface area contributed by atoms with E-state index in [1.807, 2.05) is 30.0 Å². The molecule has 0 radical (unpaired) electrons. The van der Waals surface area contributed by atoms with Gasteiger partial charge in [0.05, 0.1) is 19.9 Å². The maximum absolute atomic E-state index is 12.8. The molecule has 3 rings (SSSR count). The van der Waals surface area contributed by atoms with Crippen LogP contribution in [0.1, 0.15) is 18.4 Å². The predicted octanol–water partition coefficient (Wildman–Crippen LogP) is 2.41. The monoisotopic (exact) mass is 342 g/mol. The second-order valence-electron chi connectivity index (χ2n) is 5.94. The fraction of sp³-hybridized carbons (Fsp3) is 0.389. The van der Waals surface area contributed by atoms with Crippen LogP contribution in [0.3, 0.4) is 0 Å². The quantitative estimate of drug-likeness (QED) is 0.899. The number of hydrogen-bond acceptors (Lipinski definition) is 6. The van der Waals surface area contributed by atoms with Gasteiger partial charge in [-0.1, -0.05) is 6.07 Å². The van der Waals surface area contributed by atoms with Gasteiger partial charge < -0.3 is 19.7 Å². The van der Waals surface area contributed by atoms with Gasteiger partial charge in [0.2, 0.25) is 17.7 Å². The van der Waals surface area contributed by atoms with Crippen LogP contribution in [0, 0.1) is 6.92 Å². The first-order chi connectivity index (χ1) is 12.1. The smallest absolute Gasteiger partial charge is 0.247 e. The van der Waals surface area contributed by atoms with Gasteiger partial charge in [-0.2, -0.15) is 4.98 Å². The highest BCUT2D eigenvalue weighted by Gasteiger charge is 2.33. The lowest BCUT2D eigenvalue weighted by Crippen LogP contribution is -2.40. The van der Waals surface area contributed by atoms with Crippen LogP contribution >= 0.6 is 0 Å². The molecule has 1 unspecified atom stereocenters. The molecule has 0 saturated carbocycles. The normalized spacial score (nSPS) is 16.6. The van der Waals surface area contributed by atoms with Crippen LogP contribution in [-0.2, 0) is 4.79 Å². The number of nitrogens with zero attached hydrogens (tertiary/aromatic N) is 3. The summed E-state index contributed by atoms with van der Waals surface area (Å²) in [7, 11) is 3.15. The lowest BCUT2D eigenvalue weighted by molar-refractivity contribution is -0.117. The third kappa shape index (κ3) is 3.65. The van der Waals surface area contributed by atoms with E-state index in [-0.39, 0.29) is 11.9 Å². The van der Waals surface area contributed by atoms with Crippen molar-refractivity contribution in [3.8, 4) is 11.6 Å². The van der Waals surface area contributed by atoms with Crippen LogP contribution < -0.4 is 19.7 Å². The van der Waals surface area contributed by atoms with Gasteiger partial charge in [0.25, 0.3) is 0 Å². The zero-order valence-electron chi connectivity index (χ0n) is 14.7. The minimum Gasteiger partial charge on any atom is -0.495 e. The number of carbonyl (C=O) groups excluding carboxylic acids is 1. The van der Waals surface area contributed by atoms with Gasteiger partial charge in [0.15, 0.2) is 0 Å². The Morgan fingerprint density at radius 1 is 1.28 bits per heavy atom. The molecule has 0 bridgehead atoms. The molecule has 0 spiro atoms. The Labute approximate surface area is 147 Å². The molecule has 7 heteroatoms. The number of anilines is 2. The number of amides is 1. The van der Waals surface area contributed by atoms with E-state index in [1.165, 1.54) is 0 Å². The molecule has 1 amide bonds. The van der Waals surface area contributed by atoms with Crippen molar-refractivity contribution in [1.82, 2.24) is 9.97 Å². The van der Waals surface area contributed by atoms with E-state index in [1.54, 1.807) is 26.5 Å². The Balaban J connectivity index is 1.80. The molecule has 1 aromatic heterocycles. The van der Waals surface area contributed by atoms with E-state index in [4.69, 9.17) is 9.47 Å². The first-order valence-corrected chi connectivity index (χ1v) is 8.21. The highest BCUT2D eigenvalue weighted by Crippen LogP contribution is 2.28. The maximum Gasteiger partial charge on any atom is 0.247 e. The molecule has 2 heterocycles. The summed E-state index contributed by atoms with van der Waals surface area (Å²) in [5.41, 5.74) is 1.72. The van der Waals surface area contributed by atoms with E-state index in [0.717, 1.165) is 24.9 Å². The van der Waals surface area contributed by atoms with Gasteiger partial charge in [-0.25, -0.2) is 4.98 Å². The molecule has 1 aliphatic heterocycles. The number of hydrogen-bond donors (Lipinski definition) is 1. The molecule has 25 heavy (non-hydrogen) atoms. The first-order valence-electron chi connectivity index (χ1n) is 8.21. The molecule has 0 aliphatic carbocycles. The number of benzene rings is 1. The van der Waals surface area contributed by atoms with Crippen LogP contribution in [-0.4, -0.2) is 42.7 Å². The minimum absolute atomic E-state index is 0.0900. The first kappa shape index (κ1) is 17.0. The SMILES string of the molecule is COc1ccnc(N2CCCC2C(=O)Nc2cc(C)ccc2OC)n1. The fourth-order valence-electron chi connectivity index (χ4n) is 3.00. The van der Waals surface area contributed by atoms with Crippen molar-refractivity contribution < 1.29 is 14.3 Å².